The number of amides is 3. The third kappa shape index (κ3) is 5.09. The van der Waals surface area contributed by atoms with E-state index < -0.39 is 0 Å². The predicted molar refractivity (Wildman–Crippen MR) is 129 cm³/mol. The monoisotopic (exact) mass is 479 g/mol. The lowest BCUT2D eigenvalue weighted by molar-refractivity contribution is 0.102. The highest BCUT2D eigenvalue weighted by Crippen LogP contribution is 2.29. The van der Waals surface area contributed by atoms with Gasteiger partial charge < -0.3 is 29.9 Å². The number of carbonyl (C=O) groups excluding carboxylic acids is 2. The van der Waals surface area contributed by atoms with E-state index in [9.17, 15) is 14.7 Å². The highest BCUT2D eigenvalue weighted by molar-refractivity contribution is 6.06. The van der Waals surface area contributed by atoms with Gasteiger partial charge in [0, 0.05) is 19.6 Å². The quantitative estimate of drug-likeness (QED) is 0.473. The first kappa shape index (κ1) is 24.1. The third-order valence-electron chi connectivity index (χ3n) is 5.93. The van der Waals surface area contributed by atoms with Crippen molar-refractivity contribution < 1.29 is 19.4 Å². The van der Waals surface area contributed by atoms with Gasteiger partial charge in [0.05, 0.1) is 25.3 Å². The van der Waals surface area contributed by atoms with E-state index in [0.29, 0.717) is 54.7 Å². The van der Waals surface area contributed by atoms with Gasteiger partial charge in [-0.05, 0) is 55.7 Å². The second-order valence-electron chi connectivity index (χ2n) is 8.28. The first-order chi connectivity index (χ1) is 16.9. The molecule has 0 aliphatic carbocycles. The molecule has 0 unspecified atom stereocenters. The Morgan fingerprint density at radius 1 is 1.26 bits per heavy atom. The average Bonchev–Trinajstić information content (AvgIpc) is 3.37. The van der Waals surface area contributed by atoms with Crippen molar-refractivity contribution in [3.63, 3.8) is 0 Å². The molecular weight excluding hydrogens is 450 g/mol. The van der Waals surface area contributed by atoms with E-state index in [4.69, 9.17) is 4.74 Å². The lowest BCUT2D eigenvalue weighted by Crippen LogP contribution is -2.42. The summed E-state index contributed by atoms with van der Waals surface area (Å²) in [6.45, 7) is 5.22. The number of hydrogen-bond donors (Lipinski definition) is 3. The molecule has 3 amide bonds. The van der Waals surface area contributed by atoms with Crippen molar-refractivity contribution in [1.29, 1.82) is 0 Å². The SMILES string of the molecule is CCNC(=O)N1CCc2cc(OC)c(C(=O)Nc3cccc(-c4nncn4[C@H](C)CO)n3)cc2C1. The molecule has 0 saturated heterocycles. The molecule has 2 aromatic heterocycles. The molecule has 0 radical (unpaired) electrons. The van der Waals surface area contributed by atoms with Crippen LogP contribution in [0, 0.1) is 0 Å². The molecule has 0 fully saturated rings. The Morgan fingerprint density at radius 2 is 2.09 bits per heavy atom. The summed E-state index contributed by atoms with van der Waals surface area (Å²) in [6, 6.07) is 8.49. The van der Waals surface area contributed by atoms with Gasteiger partial charge in [0.25, 0.3) is 5.91 Å². The summed E-state index contributed by atoms with van der Waals surface area (Å²) in [4.78, 5) is 31.8. The molecule has 3 heterocycles. The number of nitrogens with zero attached hydrogens (tertiary/aromatic N) is 5. The van der Waals surface area contributed by atoms with E-state index >= 15 is 0 Å². The topological polar surface area (TPSA) is 134 Å². The highest BCUT2D eigenvalue weighted by Gasteiger charge is 2.24. The maximum absolute atomic E-state index is 13.2. The Labute approximate surface area is 203 Å². The fourth-order valence-electron chi connectivity index (χ4n) is 4.02. The normalized spacial score (nSPS) is 13.7. The van der Waals surface area contributed by atoms with Crippen LogP contribution in [0.2, 0.25) is 0 Å². The van der Waals surface area contributed by atoms with Crippen molar-refractivity contribution in [1.82, 2.24) is 30.0 Å². The van der Waals surface area contributed by atoms with E-state index in [2.05, 4.69) is 25.8 Å². The lowest BCUT2D eigenvalue weighted by atomic mass is 9.96. The maximum Gasteiger partial charge on any atom is 0.317 e. The molecule has 0 saturated carbocycles. The summed E-state index contributed by atoms with van der Waals surface area (Å²) in [5, 5.41) is 23.2. The van der Waals surface area contributed by atoms with E-state index in [1.807, 2.05) is 19.9 Å². The van der Waals surface area contributed by atoms with Crippen molar-refractivity contribution in [2.75, 3.05) is 32.1 Å². The zero-order chi connectivity index (χ0) is 24.9. The number of urea groups is 1. The van der Waals surface area contributed by atoms with Crippen LogP contribution in [0.5, 0.6) is 5.75 Å². The number of pyridine rings is 1. The third-order valence-corrected chi connectivity index (χ3v) is 5.93. The largest absolute Gasteiger partial charge is 0.496 e. The van der Waals surface area contributed by atoms with Crippen LogP contribution >= 0.6 is 0 Å². The molecule has 1 aliphatic rings. The van der Waals surface area contributed by atoms with E-state index in [1.165, 1.54) is 13.4 Å². The van der Waals surface area contributed by atoms with Crippen LogP contribution in [0.15, 0.2) is 36.7 Å². The van der Waals surface area contributed by atoms with Gasteiger partial charge in [0.2, 0.25) is 0 Å². The number of carbonyl (C=O) groups is 2. The molecule has 184 valence electrons. The number of aliphatic hydroxyl groups is 1. The Kier molecular flexibility index (Phi) is 7.25. The van der Waals surface area contributed by atoms with Crippen LogP contribution in [0.25, 0.3) is 11.5 Å². The van der Waals surface area contributed by atoms with E-state index in [1.54, 1.807) is 33.7 Å². The molecule has 3 aromatic rings. The molecule has 11 nitrogen and oxygen atoms in total. The minimum atomic E-state index is -0.380. The van der Waals surface area contributed by atoms with Crippen LogP contribution in [0.1, 0.15) is 41.4 Å². The van der Waals surface area contributed by atoms with Crippen molar-refractivity contribution in [2.24, 2.45) is 0 Å². The molecule has 3 N–H and O–H groups in total. The molecule has 0 spiro atoms. The maximum atomic E-state index is 13.2. The molecule has 4 rings (SSSR count). The van der Waals surface area contributed by atoms with Crippen molar-refractivity contribution in [3.8, 4) is 17.3 Å². The lowest BCUT2D eigenvalue weighted by Gasteiger charge is -2.29. The summed E-state index contributed by atoms with van der Waals surface area (Å²) in [7, 11) is 1.52. The van der Waals surface area contributed by atoms with Gasteiger partial charge in [-0.25, -0.2) is 9.78 Å². The predicted octanol–water partition coefficient (Wildman–Crippen LogP) is 2.24. The van der Waals surface area contributed by atoms with Gasteiger partial charge >= 0.3 is 6.03 Å². The van der Waals surface area contributed by atoms with Gasteiger partial charge in [-0.15, -0.1) is 10.2 Å². The summed E-state index contributed by atoms with van der Waals surface area (Å²) >= 11 is 0. The number of hydrogen-bond acceptors (Lipinski definition) is 7. The summed E-state index contributed by atoms with van der Waals surface area (Å²) < 4.78 is 7.22. The highest BCUT2D eigenvalue weighted by atomic mass is 16.5. The van der Waals surface area contributed by atoms with Crippen LogP contribution in [0.3, 0.4) is 0 Å². The average molecular weight is 480 g/mol. The Morgan fingerprint density at radius 3 is 2.83 bits per heavy atom. The molecule has 1 atom stereocenters. The van der Waals surface area contributed by atoms with Crippen LogP contribution < -0.4 is 15.4 Å². The van der Waals surface area contributed by atoms with E-state index in [0.717, 1.165) is 11.1 Å². The molecule has 35 heavy (non-hydrogen) atoms. The fourth-order valence-corrected chi connectivity index (χ4v) is 4.02. The molecule has 1 aliphatic heterocycles. The Balaban J connectivity index is 1.58. The summed E-state index contributed by atoms with van der Waals surface area (Å²) in [6.07, 6.45) is 2.21. The number of anilines is 1. The first-order valence-corrected chi connectivity index (χ1v) is 11.5. The van der Waals surface area contributed by atoms with Crippen molar-refractivity contribution in [3.05, 3.63) is 53.3 Å². The van der Waals surface area contributed by atoms with Crippen molar-refractivity contribution in [2.45, 2.75) is 32.9 Å². The van der Waals surface area contributed by atoms with Gasteiger partial charge in [0.15, 0.2) is 5.82 Å². The summed E-state index contributed by atoms with van der Waals surface area (Å²) in [5.74, 6) is 0.900. The number of rotatable bonds is 7. The van der Waals surface area contributed by atoms with Crippen LogP contribution in [-0.2, 0) is 13.0 Å². The molecular formula is C24H29N7O4. The minimum absolute atomic E-state index is 0.0723. The fraction of sp³-hybridized carbons (Fsp3) is 0.375. The number of fused-ring (bicyclic) bond motifs is 1. The van der Waals surface area contributed by atoms with Crippen molar-refractivity contribution >= 4 is 17.8 Å². The Bertz CT molecular complexity index is 1230. The minimum Gasteiger partial charge on any atom is -0.496 e. The Hall–Kier alpha value is -3.99. The standard InChI is InChI=1S/C24H29N7O4/c1-4-25-24(34)30-9-8-16-11-20(35-3)18(10-17(16)12-30)23(33)28-21-7-5-6-19(27-21)22-29-26-14-31(22)15(2)13-32/h5-7,10-11,14-15,32H,4,8-9,12-13H2,1-3H3,(H,25,34)(H,27,28,33)/t15-/m1/s1. The number of ether oxygens (including phenoxy) is 1. The number of benzene rings is 1. The summed E-state index contributed by atoms with van der Waals surface area (Å²) in [5.41, 5.74) is 2.82. The number of methoxy groups -OCH3 is 1. The second kappa shape index (κ2) is 10.5. The molecule has 0 bridgehead atoms. The van der Waals surface area contributed by atoms with Crippen LogP contribution in [0.4, 0.5) is 10.6 Å². The first-order valence-electron chi connectivity index (χ1n) is 11.5. The number of aliphatic hydroxyl groups excluding tert-OH is 1. The number of nitrogens with one attached hydrogen (secondary N) is 2. The van der Waals surface area contributed by atoms with Gasteiger partial charge in [-0.1, -0.05) is 6.07 Å². The number of aromatic nitrogens is 4. The van der Waals surface area contributed by atoms with Gasteiger partial charge in [-0.3, -0.25) is 4.79 Å². The van der Waals surface area contributed by atoms with Crippen LogP contribution in [-0.4, -0.2) is 68.5 Å². The van der Waals surface area contributed by atoms with Gasteiger partial charge in [-0.2, -0.15) is 0 Å². The molecule has 11 heteroatoms. The zero-order valence-corrected chi connectivity index (χ0v) is 20.0. The second-order valence-corrected chi connectivity index (χ2v) is 8.28. The van der Waals surface area contributed by atoms with E-state index in [-0.39, 0.29) is 24.6 Å². The smallest absolute Gasteiger partial charge is 0.317 e. The molecule has 1 aromatic carbocycles. The van der Waals surface area contributed by atoms with Gasteiger partial charge in [0.1, 0.15) is 23.6 Å². The zero-order valence-electron chi connectivity index (χ0n) is 20.0.